The van der Waals surface area contributed by atoms with Gasteiger partial charge in [0.2, 0.25) is 0 Å². The Kier molecular flexibility index (Phi) is 48.6. The molecule has 0 aromatic heterocycles. The SMILES string of the molecule is CCCCCCCCCCCC(=O)OC[C@@H](COC(=O)CCCCCCCCCCCCC(C)CC)OC(=O)CCCCCCCCCCCCCCCCCCCCC(C)CC. The number of ether oxygens (including phenoxy) is 3. The van der Waals surface area contributed by atoms with E-state index < -0.39 is 6.10 Å². The summed E-state index contributed by atoms with van der Waals surface area (Å²) >= 11 is 0. The van der Waals surface area contributed by atoms with E-state index in [1.54, 1.807) is 0 Å². The first kappa shape index (κ1) is 61.4. The first-order valence-corrected chi connectivity index (χ1v) is 28.3. The quantitative estimate of drug-likeness (QED) is 0.0344. The molecule has 0 aliphatic heterocycles. The largest absolute Gasteiger partial charge is 0.462 e. The number of rotatable bonds is 51. The van der Waals surface area contributed by atoms with Crippen LogP contribution in [-0.4, -0.2) is 37.2 Å². The van der Waals surface area contributed by atoms with Crippen molar-refractivity contribution in [1.82, 2.24) is 0 Å². The third-order valence-electron chi connectivity index (χ3n) is 13.7. The molecule has 0 saturated heterocycles. The van der Waals surface area contributed by atoms with Crippen molar-refractivity contribution >= 4 is 17.9 Å². The Morgan fingerprint density at radius 3 is 0.825 bits per heavy atom. The molecule has 3 atom stereocenters. The van der Waals surface area contributed by atoms with Gasteiger partial charge >= 0.3 is 17.9 Å². The van der Waals surface area contributed by atoms with Gasteiger partial charge in [-0.05, 0) is 31.1 Å². The van der Waals surface area contributed by atoms with Gasteiger partial charge in [0.25, 0.3) is 0 Å². The molecule has 0 N–H and O–H groups in total. The lowest BCUT2D eigenvalue weighted by molar-refractivity contribution is -0.167. The molecule has 374 valence electrons. The van der Waals surface area contributed by atoms with Crippen molar-refractivity contribution in [2.45, 2.75) is 323 Å². The maximum Gasteiger partial charge on any atom is 0.306 e. The zero-order chi connectivity index (χ0) is 46.1. The minimum atomic E-state index is -0.761. The topological polar surface area (TPSA) is 78.9 Å². The van der Waals surface area contributed by atoms with Crippen LogP contribution in [-0.2, 0) is 28.6 Å². The number of carbonyl (C=O) groups is 3. The van der Waals surface area contributed by atoms with Gasteiger partial charge < -0.3 is 14.2 Å². The third kappa shape index (κ3) is 48.2. The lowest BCUT2D eigenvalue weighted by Crippen LogP contribution is -2.30. The van der Waals surface area contributed by atoms with Crippen molar-refractivity contribution in [3.05, 3.63) is 0 Å². The summed E-state index contributed by atoms with van der Waals surface area (Å²) in [7, 11) is 0. The Hall–Kier alpha value is -1.59. The fraction of sp³-hybridized carbons (Fsp3) is 0.947. The van der Waals surface area contributed by atoms with Crippen LogP contribution in [0.4, 0.5) is 0 Å². The first-order chi connectivity index (χ1) is 30.8. The van der Waals surface area contributed by atoms with E-state index in [4.69, 9.17) is 14.2 Å². The van der Waals surface area contributed by atoms with Gasteiger partial charge in [-0.2, -0.15) is 0 Å². The van der Waals surface area contributed by atoms with Gasteiger partial charge in [0.05, 0.1) is 0 Å². The van der Waals surface area contributed by atoms with E-state index in [0.29, 0.717) is 19.3 Å². The van der Waals surface area contributed by atoms with Crippen molar-refractivity contribution in [3.63, 3.8) is 0 Å². The normalized spacial score (nSPS) is 12.9. The average molecular weight is 892 g/mol. The van der Waals surface area contributed by atoms with E-state index in [0.717, 1.165) is 69.6 Å². The number of carbonyl (C=O) groups excluding carboxylic acids is 3. The maximum absolute atomic E-state index is 12.8. The maximum atomic E-state index is 12.8. The van der Waals surface area contributed by atoms with Crippen LogP contribution in [0.2, 0.25) is 0 Å². The Morgan fingerprint density at radius 2 is 0.556 bits per heavy atom. The highest BCUT2D eigenvalue weighted by atomic mass is 16.6. The Balaban J connectivity index is 4.20. The van der Waals surface area contributed by atoms with Crippen LogP contribution in [0.25, 0.3) is 0 Å². The second-order valence-electron chi connectivity index (χ2n) is 20.1. The van der Waals surface area contributed by atoms with E-state index in [2.05, 4.69) is 34.6 Å². The van der Waals surface area contributed by atoms with Crippen molar-refractivity contribution in [2.75, 3.05) is 13.2 Å². The summed E-state index contributed by atoms with van der Waals surface area (Å²) in [5.74, 6) is 0.933. The fourth-order valence-corrected chi connectivity index (χ4v) is 8.63. The minimum Gasteiger partial charge on any atom is -0.462 e. The fourth-order valence-electron chi connectivity index (χ4n) is 8.63. The van der Waals surface area contributed by atoms with Gasteiger partial charge in [-0.1, -0.05) is 279 Å². The predicted molar refractivity (Wildman–Crippen MR) is 270 cm³/mol. The van der Waals surface area contributed by atoms with E-state index in [-0.39, 0.29) is 31.1 Å². The Labute approximate surface area is 393 Å². The average Bonchev–Trinajstić information content (AvgIpc) is 3.28. The van der Waals surface area contributed by atoms with Crippen molar-refractivity contribution in [1.29, 1.82) is 0 Å². The van der Waals surface area contributed by atoms with Crippen molar-refractivity contribution in [3.8, 4) is 0 Å². The van der Waals surface area contributed by atoms with Crippen LogP contribution < -0.4 is 0 Å². The Morgan fingerprint density at radius 1 is 0.317 bits per heavy atom. The molecule has 0 aromatic rings. The van der Waals surface area contributed by atoms with Crippen LogP contribution in [0.3, 0.4) is 0 Å². The molecule has 6 heteroatoms. The number of esters is 3. The highest BCUT2D eigenvalue weighted by Crippen LogP contribution is 2.19. The molecule has 2 unspecified atom stereocenters. The summed E-state index contributed by atoms with van der Waals surface area (Å²) in [4.78, 5) is 38.0. The molecule has 0 radical (unpaired) electrons. The molecule has 0 heterocycles. The van der Waals surface area contributed by atoms with E-state index >= 15 is 0 Å². The molecule has 0 amide bonds. The zero-order valence-corrected chi connectivity index (χ0v) is 43.2. The van der Waals surface area contributed by atoms with Gasteiger partial charge in [0.15, 0.2) is 6.10 Å². The van der Waals surface area contributed by atoms with Crippen LogP contribution >= 0.6 is 0 Å². The van der Waals surface area contributed by atoms with Crippen LogP contribution in [0, 0.1) is 11.8 Å². The highest BCUT2D eigenvalue weighted by molar-refractivity contribution is 5.71. The van der Waals surface area contributed by atoms with E-state index in [1.807, 2.05) is 0 Å². The molecule has 0 rings (SSSR count). The van der Waals surface area contributed by atoms with Gasteiger partial charge in [0, 0.05) is 19.3 Å². The summed E-state index contributed by atoms with van der Waals surface area (Å²) < 4.78 is 16.8. The summed E-state index contributed by atoms with van der Waals surface area (Å²) in [6.07, 6.45) is 52.3. The van der Waals surface area contributed by atoms with E-state index in [1.165, 1.54) is 205 Å². The monoisotopic (exact) mass is 891 g/mol. The lowest BCUT2D eigenvalue weighted by atomic mass is 9.99. The first-order valence-electron chi connectivity index (χ1n) is 28.3. The predicted octanol–water partition coefficient (Wildman–Crippen LogP) is 18.5. The molecule has 0 bridgehead atoms. The second kappa shape index (κ2) is 49.8. The third-order valence-corrected chi connectivity index (χ3v) is 13.7. The van der Waals surface area contributed by atoms with Crippen molar-refractivity contribution < 1.29 is 28.6 Å². The summed E-state index contributed by atoms with van der Waals surface area (Å²) in [5, 5.41) is 0. The zero-order valence-electron chi connectivity index (χ0n) is 43.2. The van der Waals surface area contributed by atoms with E-state index in [9.17, 15) is 14.4 Å². The number of unbranched alkanes of at least 4 members (excludes halogenated alkanes) is 34. The van der Waals surface area contributed by atoms with Gasteiger partial charge in [0.1, 0.15) is 13.2 Å². The molecular formula is C57H110O6. The molecule has 0 spiro atoms. The summed E-state index contributed by atoms with van der Waals surface area (Å²) in [6, 6.07) is 0. The van der Waals surface area contributed by atoms with Crippen molar-refractivity contribution in [2.24, 2.45) is 11.8 Å². The lowest BCUT2D eigenvalue weighted by Gasteiger charge is -2.18. The molecular weight excluding hydrogens is 781 g/mol. The van der Waals surface area contributed by atoms with Crippen LogP contribution in [0.1, 0.15) is 317 Å². The molecule has 6 nitrogen and oxygen atoms in total. The molecule has 0 aromatic carbocycles. The summed E-state index contributed by atoms with van der Waals surface area (Å²) in [6.45, 7) is 11.4. The van der Waals surface area contributed by atoms with Crippen LogP contribution in [0.5, 0.6) is 0 Å². The second-order valence-corrected chi connectivity index (χ2v) is 20.1. The van der Waals surface area contributed by atoms with Gasteiger partial charge in [-0.3, -0.25) is 14.4 Å². The molecule has 0 saturated carbocycles. The number of hydrogen-bond acceptors (Lipinski definition) is 6. The summed E-state index contributed by atoms with van der Waals surface area (Å²) in [5.41, 5.74) is 0. The van der Waals surface area contributed by atoms with Gasteiger partial charge in [-0.25, -0.2) is 0 Å². The standard InChI is InChI=1S/C57H110O6/c1-6-9-10-11-12-25-32-37-42-47-55(58)61-50-54(51-62-56(59)48-43-38-33-28-24-23-27-31-36-41-46-53(5)8-3)63-57(60)49-44-39-34-29-22-20-18-16-14-13-15-17-19-21-26-30-35-40-45-52(4)7-2/h52-54H,6-51H2,1-5H3/t52?,53?,54-/m0/s1. The van der Waals surface area contributed by atoms with Crippen LogP contribution in [0.15, 0.2) is 0 Å². The molecule has 0 aliphatic rings. The highest BCUT2D eigenvalue weighted by Gasteiger charge is 2.19. The van der Waals surface area contributed by atoms with Gasteiger partial charge in [-0.15, -0.1) is 0 Å². The minimum absolute atomic E-state index is 0.0634. The Bertz CT molecular complexity index is 966. The number of hydrogen-bond donors (Lipinski definition) is 0. The molecule has 0 aliphatic carbocycles. The molecule has 0 fully saturated rings. The smallest absolute Gasteiger partial charge is 0.306 e. The molecule has 63 heavy (non-hydrogen) atoms.